The molecule has 6 atom stereocenters. The number of ether oxygens (including phenoxy) is 4. The molecule has 264 valence electrons. The number of alkyl carbamates (subject to hydrolysis) is 1. The molecule has 0 aromatic carbocycles. The summed E-state index contributed by atoms with van der Waals surface area (Å²) < 4.78 is 26.8. The monoisotopic (exact) mass is 688 g/mol. The quantitative estimate of drug-likeness (QED) is 0.175. The smallest absolute Gasteiger partial charge is 0.407 e. The van der Waals surface area contributed by atoms with Gasteiger partial charge in [-0.1, -0.05) is 12.1 Å². The van der Waals surface area contributed by atoms with Crippen LogP contribution < -0.4 is 27.8 Å². The van der Waals surface area contributed by atoms with Gasteiger partial charge in [0.1, 0.15) is 37.0 Å². The average molecular weight is 689 g/mol. The molecule has 5 heterocycles. The Bertz CT molecular complexity index is 1940. The van der Waals surface area contributed by atoms with Crippen molar-refractivity contribution < 1.29 is 38.4 Å². The first-order chi connectivity index (χ1) is 23.3. The molecule has 0 radical (unpaired) electrons. The lowest BCUT2D eigenvalue weighted by Crippen LogP contribution is -2.35. The fourth-order valence-corrected chi connectivity index (χ4v) is 5.64. The van der Waals surface area contributed by atoms with Crippen molar-refractivity contribution in [2.75, 3.05) is 6.61 Å². The average Bonchev–Trinajstić information content (AvgIpc) is 3.80. The fraction of sp³-hybridized carbons (Fsp3) is 0.552. The Labute approximate surface area is 275 Å². The Hall–Kier alpha value is -5.37. The number of carboxylic acids is 1. The molecular formula is C29H36N8O12. The van der Waals surface area contributed by atoms with Crippen molar-refractivity contribution in [2.24, 2.45) is 0 Å². The van der Waals surface area contributed by atoms with Gasteiger partial charge in [-0.05, 0) is 20.3 Å². The van der Waals surface area contributed by atoms with E-state index in [1.54, 1.807) is 17.8 Å². The number of nitrogens with one attached hydrogen (secondary N) is 3. The van der Waals surface area contributed by atoms with Crippen LogP contribution in [0.25, 0.3) is 0 Å². The third kappa shape index (κ3) is 8.20. The minimum Gasteiger partial charge on any atom is -0.481 e. The van der Waals surface area contributed by atoms with E-state index in [-0.39, 0.29) is 30.7 Å². The van der Waals surface area contributed by atoms with Crippen LogP contribution in [-0.4, -0.2) is 82.2 Å². The molecule has 5 rings (SSSR count). The van der Waals surface area contributed by atoms with Crippen LogP contribution in [0.5, 0.6) is 0 Å². The van der Waals surface area contributed by atoms with Crippen LogP contribution in [0.15, 0.2) is 37.8 Å². The topological polar surface area (TPSA) is 261 Å². The Balaban J connectivity index is 1.18. The second-order valence-electron chi connectivity index (χ2n) is 11.7. The first kappa shape index (κ1) is 35.0. The van der Waals surface area contributed by atoms with Gasteiger partial charge in [0.05, 0.1) is 37.7 Å². The molecule has 3 aromatic heterocycles. The van der Waals surface area contributed by atoms with Gasteiger partial charge in [0.2, 0.25) is 0 Å². The van der Waals surface area contributed by atoms with E-state index in [2.05, 4.69) is 25.6 Å². The van der Waals surface area contributed by atoms with Crippen molar-refractivity contribution >= 4 is 18.0 Å². The lowest BCUT2D eigenvalue weighted by Gasteiger charge is -2.19. The van der Waals surface area contributed by atoms with E-state index in [4.69, 9.17) is 24.1 Å². The number of carbonyl (C=O) groups excluding carboxylic acids is 2. The van der Waals surface area contributed by atoms with Crippen LogP contribution in [0.1, 0.15) is 74.3 Å². The van der Waals surface area contributed by atoms with Crippen LogP contribution in [0.2, 0.25) is 0 Å². The Morgan fingerprint density at radius 2 is 1.55 bits per heavy atom. The predicted octanol–water partition coefficient (Wildman–Crippen LogP) is -0.476. The highest BCUT2D eigenvalue weighted by Crippen LogP contribution is 2.37. The molecule has 0 spiro atoms. The molecule has 1 amide bonds. The van der Waals surface area contributed by atoms with Crippen molar-refractivity contribution in [3.8, 4) is 0 Å². The summed E-state index contributed by atoms with van der Waals surface area (Å²) in [4.78, 5) is 88.7. The van der Waals surface area contributed by atoms with Gasteiger partial charge in [0.25, 0.3) is 11.1 Å². The van der Waals surface area contributed by atoms with Crippen molar-refractivity contribution in [3.63, 3.8) is 0 Å². The number of aromatic nitrogens is 7. The number of amides is 1. The van der Waals surface area contributed by atoms with Gasteiger partial charge in [-0.25, -0.2) is 19.1 Å². The molecule has 20 nitrogen and oxygen atoms in total. The van der Waals surface area contributed by atoms with E-state index in [9.17, 15) is 33.6 Å². The van der Waals surface area contributed by atoms with Crippen molar-refractivity contribution in [3.05, 3.63) is 77.1 Å². The minimum atomic E-state index is -1.19. The molecule has 2 aliphatic heterocycles. The summed E-state index contributed by atoms with van der Waals surface area (Å²) in [5, 5.41) is 19.7. The molecule has 0 bridgehead atoms. The van der Waals surface area contributed by atoms with Gasteiger partial charge in [-0.2, -0.15) is 0 Å². The zero-order valence-electron chi connectivity index (χ0n) is 26.8. The number of aryl methyl sites for hydroxylation is 2. The first-order valence-corrected chi connectivity index (χ1v) is 15.5. The summed E-state index contributed by atoms with van der Waals surface area (Å²) in [6.07, 6.45) is -0.356. The Morgan fingerprint density at radius 3 is 2.16 bits per heavy atom. The molecule has 20 heteroatoms. The van der Waals surface area contributed by atoms with E-state index in [1.165, 1.54) is 23.9 Å². The number of esters is 1. The second kappa shape index (κ2) is 14.8. The Morgan fingerprint density at radius 1 is 0.939 bits per heavy atom. The number of hydrogen-bond acceptors (Lipinski definition) is 13. The molecule has 3 aromatic rings. The molecule has 2 aliphatic rings. The van der Waals surface area contributed by atoms with E-state index in [0.29, 0.717) is 24.1 Å². The van der Waals surface area contributed by atoms with Crippen LogP contribution in [0, 0.1) is 13.8 Å². The highest BCUT2D eigenvalue weighted by atomic mass is 16.6. The number of hydrogen-bond donors (Lipinski definition) is 4. The number of H-pyrrole nitrogens is 2. The van der Waals surface area contributed by atoms with Crippen LogP contribution in [0.3, 0.4) is 0 Å². The number of nitrogens with zero attached hydrogens (tertiary/aromatic N) is 5. The third-order valence-electron chi connectivity index (χ3n) is 8.22. The van der Waals surface area contributed by atoms with Gasteiger partial charge < -0.3 is 29.4 Å². The summed E-state index contributed by atoms with van der Waals surface area (Å²) in [5.74, 6) is -2.00. The maximum atomic E-state index is 12.6. The van der Waals surface area contributed by atoms with E-state index in [1.807, 2.05) is 6.92 Å². The molecule has 2 fully saturated rings. The highest BCUT2D eigenvalue weighted by Gasteiger charge is 2.41. The number of rotatable bonds is 12. The van der Waals surface area contributed by atoms with Crippen LogP contribution >= 0.6 is 0 Å². The molecule has 49 heavy (non-hydrogen) atoms. The van der Waals surface area contributed by atoms with E-state index < -0.39 is 84.6 Å². The normalized spacial score (nSPS) is 23.3. The summed E-state index contributed by atoms with van der Waals surface area (Å²) in [5.41, 5.74) is -1.39. The summed E-state index contributed by atoms with van der Waals surface area (Å²) in [6, 6.07) is -0.288. The number of carboxylic acid groups (broad SMARTS) is 1. The van der Waals surface area contributed by atoms with Crippen LogP contribution in [0.4, 0.5) is 4.79 Å². The number of aromatic amines is 2. The maximum Gasteiger partial charge on any atom is 0.407 e. The van der Waals surface area contributed by atoms with Crippen molar-refractivity contribution in [2.45, 2.75) is 96.2 Å². The lowest BCUT2D eigenvalue weighted by molar-refractivity contribution is -0.155. The lowest BCUT2D eigenvalue weighted by atomic mass is 10.1. The van der Waals surface area contributed by atoms with Gasteiger partial charge in [0, 0.05) is 36.4 Å². The van der Waals surface area contributed by atoms with Crippen molar-refractivity contribution in [1.29, 1.82) is 0 Å². The zero-order chi connectivity index (χ0) is 35.4. The summed E-state index contributed by atoms with van der Waals surface area (Å²) in [6.45, 7) is 4.54. The van der Waals surface area contributed by atoms with Gasteiger partial charge >= 0.3 is 29.4 Å². The second-order valence-corrected chi connectivity index (χ2v) is 11.7. The molecule has 0 saturated carbocycles. The first-order valence-electron chi connectivity index (χ1n) is 15.5. The van der Waals surface area contributed by atoms with Gasteiger partial charge in [-0.15, -0.1) is 5.10 Å². The number of carbonyl (C=O) groups is 3. The molecule has 4 N–H and O–H groups in total. The third-order valence-corrected chi connectivity index (χ3v) is 8.22. The van der Waals surface area contributed by atoms with Gasteiger partial charge in [-0.3, -0.25) is 38.3 Å². The minimum absolute atomic E-state index is 0.0378. The maximum absolute atomic E-state index is 12.6. The largest absolute Gasteiger partial charge is 0.481 e. The highest BCUT2D eigenvalue weighted by molar-refractivity contribution is 5.76. The molecule has 2 saturated heterocycles. The standard InChI is InChI=1S/C29H36N8O12/c1-4-18-17(7-21(47-18)35-10-14(2)25(41)31-27(35)43)37-12-16(33-34-37)9-30-29(45)46-13-20-19(49-24(40)6-5-23(38)39)8-22(48-20)36-11-15(3)26(42)32-28(36)44/h10-12,17-22H,4-9,13H2,1-3H3,(H,30,45)(H,38,39)(H,31,41,43)(H,32,42,44)/t17?,18-,19?,20-,21-,22-/m1/s1. The SMILES string of the molecule is CC[C@H]1O[C@@H](n2cc(C)c(=O)[nH]c2=O)CC1n1cc(CNC(=O)OC[C@H]2O[C@@H](n3cc(C)c(=O)[nH]c3=O)CC2OC(=O)CCC(=O)O)nn1. The van der Waals surface area contributed by atoms with E-state index >= 15 is 0 Å². The van der Waals surface area contributed by atoms with E-state index in [0.717, 1.165) is 4.57 Å². The Kier molecular flexibility index (Phi) is 10.6. The molecular weight excluding hydrogens is 652 g/mol. The molecule has 0 aliphatic carbocycles. The number of aliphatic carboxylic acids is 1. The van der Waals surface area contributed by atoms with Gasteiger partial charge in [0.15, 0.2) is 0 Å². The predicted molar refractivity (Wildman–Crippen MR) is 163 cm³/mol. The summed E-state index contributed by atoms with van der Waals surface area (Å²) in [7, 11) is 0. The van der Waals surface area contributed by atoms with Crippen LogP contribution in [-0.2, 0) is 35.1 Å². The molecule has 2 unspecified atom stereocenters. The van der Waals surface area contributed by atoms with Crippen molar-refractivity contribution in [1.82, 2.24) is 39.4 Å². The summed E-state index contributed by atoms with van der Waals surface area (Å²) >= 11 is 0. The fourth-order valence-electron chi connectivity index (χ4n) is 5.64. The zero-order valence-corrected chi connectivity index (χ0v) is 26.8.